The van der Waals surface area contributed by atoms with Crippen LogP contribution in [0.3, 0.4) is 0 Å². The van der Waals surface area contributed by atoms with Gasteiger partial charge in [0.1, 0.15) is 0 Å². The highest BCUT2D eigenvalue weighted by molar-refractivity contribution is 6.31. The van der Waals surface area contributed by atoms with Crippen LogP contribution < -0.4 is 10.6 Å². The SMILES string of the molecule is Cc1ccccc1CCC(=O)N(C)c1cc(Cl)ccc1N. The largest absolute Gasteiger partial charge is 0.397 e. The fraction of sp³-hybridized carbons (Fsp3) is 0.235. The smallest absolute Gasteiger partial charge is 0.227 e. The van der Waals surface area contributed by atoms with Crippen molar-refractivity contribution in [2.45, 2.75) is 19.8 Å². The minimum Gasteiger partial charge on any atom is -0.397 e. The number of carbonyl (C=O) groups excluding carboxylic acids is 1. The van der Waals surface area contributed by atoms with Crippen LogP contribution in [-0.2, 0) is 11.2 Å². The van der Waals surface area contributed by atoms with Crippen LogP contribution in [0.15, 0.2) is 42.5 Å². The van der Waals surface area contributed by atoms with Crippen LogP contribution in [0.25, 0.3) is 0 Å². The number of aryl methyl sites for hydroxylation is 2. The van der Waals surface area contributed by atoms with Gasteiger partial charge in [-0.1, -0.05) is 35.9 Å². The summed E-state index contributed by atoms with van der Waals surface area (Å²) in [6, 6.07) is 13.2. The van der Waals surface area contributed by atoms with E-state index in [1.165, 1.54) is 11.1 Å². The highest BCUT2D eigenvalue weighted by Gasteiger charge is 2.14. The number of anilines is 2. The van der Waals surface area contributed by atoms with E-state index in [1.807, 2.05) is 12.1 Å². The molecule has 0 fully saturated rings. The van der Waals surface area contributed by atoms with Gasteiger partial charge in [0.15, 0.2) is 0 Å². The zero-order chi connectivity index (χ0) is 15.4. The third kappa shape index (κ3) is 3.76. The second-order valence-corrected chi connectivity index (χ2v) is 5.52. The van der Waals surface area contributed by atoms with E-state index in [0.717, 1.165) is 6.42 Å². The Morgan fingerprint density at radius 3 is 2.67 bits per heavy atom. The third-order valence-corrected chi connectivity index (χ3v) is 3.83. The molecule has 0 unspecified atom stereocenters. The van der Waals surface area contributed by atoms with E-state index in [2.05, 4.69) is 19.1 Å². The van der Waals surface area contributed by atoms with Gasteiger partial charge in [0, 0.05) is 18.5 Å². The maximum absolute atomic E-state index is 12.3. The van der Waals surface area contributed by atoms with Crippen molar-refractivity contribution in [3.8, 4) is 0 Å². The summed E-state index contributed by atoms with van der Waals surface area (Å²) in [6.45, 7) is 2.05. The van der Waals surface area contributed by atoms with E-state index >= 15 is 0 Å². The second-order valence-electron chi connectivity index (χ2n) is 5.08. The van der Waals surface area contributed by atoms with Crippen molar-refractivity contribution < 1.29 is 4.79 Å². The van der Waals surface area contributed by atoms with E-state index in [-0.39, 0.29) is 5.91 Å². The molecule has 110 valence electrons. The van der Waals surface area contributed by atoms with Crippen LogP contribution in [0, 0.1) is 6.92 Å². The molecule has 2 N–H and O–H groups in total. The van der Waals surface area contributed by atoms with Gasteiger partial charge in [-0.05, 0) is 42.7 Å². The Morgan fingerprint density at radius 2 is 1.95 bits per heavy atom. The molecule has 0 spiro atoms. The maximum atomic E-state index is 12.3. The summed E-state index contributed by atoms with van der Waals surface area (Å²) in [5.41, 5.74) is 9.50. The Bertz CT molecular complexity index is 655. The predicted molar refractivity (Wildman–Crippen MR) is 88.8 cm³/mol. The topological polar surface area (TPSA) is 46.3 Å². The van der Waals surface area contributed by atoms with Crippen molar-refractivity contribution in [2.75, 3.05) is 17.7 Å². The van der Waals surface area contributed by atoms with Crippen molar-refractivity contribution in [1.29, 1.82) is 0 Å². The van der Waals surface area contributed by atoms with Crippen molar-refractivity contribution in [3.63, 3.8) is 0 Å². The molecule has 1 amide bonds. The molecule has 4 heteroatoms. The molecular weight excluding hydrogens is 284 g/mol. The minimum atomic E-state index is 0.0206. The molecule has 0 bridgehead atoms. The Labute approximate surface area is 130 Å². The lowest BCUT2D eigenvalue weighted by atomic mass is 10.0. The molecule has 0 heterocycles. The number of hydrogen-bond acceptors (Lipinski definition) is 2. The van der Waals surface area contributed by atoms with Crippen LogP contribution in [0.2, 0.25) is 5.02 Å². The zero-order valence-electron chi connectivity index (χ0n) is 12.3. The van der Waals surface area contributed by atoms with Crippen LogP contribution in [0.4, 0.5) is 11.4 Å². The van der Waals surface area contributed by atoms with E-state index < -0.39 is 0 Å². The number of hydrogen-bond donors (Lipinski definition) is 1. The molecule has 2 aromatic rings. The summed E-state index contributed by atoms with van der Waals surface area (Å²) in [6.07, 6.45) is 1.16. The normalized spacial score (nSPS) is 10.4. The van der Waals surface area contributed by atoms with Crippen molar-refractivity contribution in [1.82, 2.24) is 0 Å². The van der Waals surface area contributed by atoms with Gasteiger partial charge >= 0.3 is 0 Å². The first kappa shape index (κ1) is 15.4. The number of benzene rings is 2. The number of carbonyl (C=O) groups is 1. The Kier molecular flexibility index (Phi) is 4.86. The molecule has 2 aromatic carbocycles. The van der Waals surface area contributed by atoms with Gasteiger partial charge in [0.2, 0.25) is 5.91 Å². The first-order chi connectivity index (χ1) is 9.99. The minimum absolute atomic E-state index is 0.0206. The third-order valence-electron chi connectivity index (χ3n) is 3.60. The lowest BCUT2D eigenvalue weighted by Crippen LogP contribution is -2.27. The molecule has 21 heavy (non-hydrogen) atoms. The average molecular weight is 303 g/mol. The number of amides is 1. The standard InChI is InChI=1S/C17H19ClN2O/c1-12-5-3-4-6-13(12)7-10-17(21)20(2)16-11-14(18)8-9-15(16)19/h3-6,8-9,11H,7,10,19H2,1-2H3. The summed E-state index contributed by atoms with van der Waals surface area (Å²) >= 11 is 5.97. The van der Waals surface area contributed by atoms with Gasteiger partial charge in [-0.3, -0.25) is 4.79 Å². The fourth-order valence-corrected chi connectivity index (χ4v) is 2.41. The van der Waals surface area contributed by atoms with Crippen molar-refractivity contribution >= 4 is 28.9 Å². The summed E-state index contributed by atoms with van der Waals surface area (Å²) in [5, 5.41) is 0.567. The Morgan fingerprint density at radius 1 is 1.24 bits per heavy atom. The van der Waals surface area contributed by atoms with Crippen molar-refractivity contribution in [3.05, 3.63) is 58.6 Å². The van der Waals surface area contributed by atoms with Crippen LogP contribution >= 0.6 is 11.6 Å². The van der Waals surface area contributed by atoms with Crippen molar-refractivity contribution in [2.24, 2.45) is 0 Å². The first-order valence-corrected chi connectivity index (χ1v) is 7.23. The van der Waals surface area contributed by atoms with E-state index in [9.17, 15) is 4.79 Å². The molecule has 0 radical (unpaired) electrons. The van der Waals surface area contributed by atoms with Gasteiger partial charge in [-0.15, -0.1) is 0 Å². The van der Waals surface area contributed by atoms with E-state index in [4.69, 9.17) is 17.3 Å². The van der Waals surface area contributed by atoms with Crippen LogP contribution in [-0.4, -0.2) is 13.0 Å². The predicted octanol–water partition coefficient (Wildman–Crippen LogP) is 3.83. The quantitative estimate of drug-likeness (QED) is 0.873. The van der Waals surface area contributed by atoms with Gasteiger partial charge in [-0.25, -0.2) is 0 Å². The zero-order valence-corrected chi connectivity index (χ0v) is 13.0. The molecule has 0 saturated heterocycles. The number of nitrogen functional groups attached to an aromatic ring is 1. The number of rotatable bonds is 4. The van der Waals surface area contributed by atoms with E-state index in [1.54, 1.807) is 30.1 Å². The molecular formula is C17H19ClN2O. The van der Waals surface area contributed by atoms with Crippen LogP contribution in [0.5, 0.6) is 0 Å². The van der Waals surface area contributed by atoms with Gasteiger partial charge in [0.05, 0.1) is 11.4 Å². The van der Waals surface area contributed by atoms with Gasteiger partial charge in [0.25, 0.3) is 0 Å². The Hall–Kier alpha value is -2.00. The maximum Gasteiger partial charge on any atom is 0.227 e. The molecule has 0 aliphatic rings. The number of nitrogens with zero attached hydrogens (tertiary/aromatic N) is 1. The molecule has 0 aromatic heterocycles. The highest BCUT2D eigenvalue weighted by atomic mass is 35.5. The fourth-order valence-electron chi connectivity index (χ4n) is 2.24. The molecule has 0 aliphatic heterocycles. The lowest BCUT2D eigenvalue weighted by molar-refractivity contribution is -0.118. The summed E-state index contributed by atoms with van der Waals surface area (Å²) in [5.74, 6) is 0.0206. The van der Waals surface area contributed by atoms with Gasteiger partial charge in [-0.2, -0.15) is 0 Å². The first-order valence-electron chi connectivity index (χ1n) is 6.85. The summed E-state index contributed by atoms with van der Waals surface area (Å²) < 4.78 is 0. The molecule has 0 saturated carbocycles. The lowest BCUT2D eigenvalue weighted by Gasteiger charge is -2.19. The average Bonchev–Trinajstić information content (AvgIpc) is 2.48. The molecule has 0 aliphatic carbocycles. The number of halogens is 1. The highest BCUT2D eigenvalue weighted by Crippen LogP contribution is 2.26. The number of nitrogens with two attached hydrogens (primary N) is 1. The summed E-state index contributed by atoms with van der Waals surface area (Å²) in [4.78, 5) is 13.9. The Balaban J connectivity index is 2.06. The van der Waals surface area contributed by atoms with E-state index in [0.29, 0.717) is 22.8 Å². The van der Waals surface area contributed by atoms with Gasteiger partial charge < -0.3 is 10.6 Å². The molecule has 3 nitrogen and oxygen atoms in total. The second kappa shape index (κ2) is 6.64. The molecule has 0 atom stereocenters. The summed E-state index contributed by atoms with van der Waals surface area (Å²) in [7, 11) is 1.72. The van der Waals surface area contributed by atoms with Crippen LogP contribution in [0.1, 0.15) is 17.5 Å². The monoisotopic (exact) mass is 302 g/mol. The molecule has 2 rings (SSSR count).